The van der Waals surface area contributed by atoms with Crippen LogP contribution in [0.2, 0.25) is 0 Å². The predicted octanol–water partition coefficient (Wildman–Crippen LogP) is 2.70. The molecule has 0 aliphatic heterocycles. The van der Waals surface area contributed by atoms with Crippen LogP contribution < -0.4 is 4.74 Å². The Morgan fingerprint density at radius 2 is 1.92 bits per heavy atom. The van der Waals surface area contributed by atoms with Gasteiger partial charge in [-0.15, -0.1) is 0 Å². The molecule has 0 saturated carbocycles. The molecule has 0 aliphatic carbocycles. The van der Waals surface area contributed by atoms with Gasteiger partial charge in [-0.05, 0) is 26.0 Å². The second-order valence-electron chi connectivity index (χ2n) is 2.60. The highest BCUT2D eigenvalue weighted by Gasteiger charge is 1.98. The summed E-state index contributed by atoms with van der Waals surface area (Å²) < 4.78 is 10.2. The molecule has 0 aromatic heterocycles. The molecular formula is C10H12O2S. The van der Waals surface area contributed by atoms with Gasteiger partial charge in [-0.1, -0.05) is 17.7 Å². The Kier molecular flexibility index (Phi) is 3.71. The monoisotopic (exact) mass is 196 g/mol. The largest absolute Gasteiger partial charge is 0.457 e. The lowest BCUT2D eigenvalue weighted by Gasteiger charge is -2.06. The number of aryl methyl sites for hydroxylation is 1. The molecule has 0 bridgehead atoms. The molecule has 1 aromatic rings. The predicted molar refractivity (Wildman–Crippen MR) is 56.0 cm³/mol. The minimum Gasteiger partial charge on any atom is -0.457 e. The van der Waals surface area contributed by atoms with Gasteiger partial charge >= 0.3 is 5.24 Å². The number of thiocarbonyl (C=S) groups is 1. The average Bonchev–Trinajstić information content (AvgIpc) is 2.09. The van der Waals surface area contributed by atoms with E-state index in [1.165, 1.54) is 5.56 Å². The lowest BCUT2D eigenvalue weighted by Crippen LogP contribution is -2.09. The van der Waals surface area contributed by atoms with Crippen LogP contribution in [-0.2, 0) is 4.74 Å². The molecule has 0 atom stereocenters. The van der Waals surface area contributed by atoms with Crippen LogP contribution in [0.5, 0.6) is 5.75 Å². The number of hydrogen-bond donors (Lipinski definition) is 0. The topological polar surface area (TPSA) is 18.5 Å². The third kappa shape index (κ3) is 3.42. The van der Waals surface area contributed by atoms with Crippen molar-refractivity contribution in [2.45, 2.75) is 13.8 Å². The van der Waals surface area contributed by atoms with Crippen molar-refractivity contribution in [3.05, 3.63) is 29.8 Å². The molecule has 70 valence electrons. The fourth-order valence-electron chi connectivity index (χ4n) is 0.850. The van der Waals surface area contributed by atoms with E-state index in [-0.39, 0.29) is 5.24 Å². The molecule has 0 fully saturated rings. The molecule has 0 aliphatic rings. The number of benzene rings is 1. The van der Waals surface area contributed by atoms with Crippen molar-refractivity contribution in [3.8, 4) is 5.75 Å². The summed E-state index contributed by atoms with van der Waals surface area (Å²) in [6, 6.07) is 7.65. The summed E-state index contributed by atoms with van der Waals surface area (Å²) >= 11 is 4.82. The maximum atomic E-state index is 5.22. The summed E-state index contributed by atoms with van der Waals surface area (Å²) in [5, 5.41) is 0.173. The number of hydrogen-bond acceptors (Lipinski definition) is 3. The summed E-state index contributed by atoms with van der Waals surface area (Å²) in [6.07, 6.45) is 0. The fraction of sp³-hybridized carbons (Fsp3) is 0.300. The van der Waals surface area contributed by atoms with E-state index in [1.54, 1.807) is 0 Å². The van der Waals surface area contributed by atoms with Gasteiger partial charge in [0.25, 0.3) is 0 Å². The van der Waals surface area contributed by atoms with E-state index in [9.17, 15) is 0 Å². The molecule has 0 N–H and O–H groups in total. The van der Waals surface area contributed by atoms with Gasteiger partial charge in [-0.2, -0.15) is 0 Å². The van der Waals surface area contributed by atoms with E-state index in [1.807, 2.05) is 38.1 Å². The first kappa shape index (κ1) is 9.99. The van der Waals surface area contributed by atoms with E-state index < -0.39 is 0 Å². The van der Waals surface area contributed by atoms with Gasteiger partial charge in [0, 0.05) is 12.2 Å². The van der Waals surface area contributed by atoms with Gasteiger partial charge in [0.1, 0.15) is 5.75 Å². The van der Waals surface area contributed by atoms with Crippen LogP contribution in [0.25, 0.3) is 0 Å². The van der Waals surface area contributed by atoms with Gasteiger partial charge < -0.3 is 9.47 Å². The molecule has 0 radical (unpaired) electrons. The zero-order valence-corrected chi connectivity index (χ0v) is 8.56. The van der Waals surface area contributed by atoms with E-state index in [0.717, 1.165) is 0 Å². The Balaban J connectivity index is 2.54. The summed E-state index contributed by atoms with van der Waals surface area (Å²) in [4.78, 5) is 0. The highest BCUT2D eigenvalue weighted by Crippen LogP contribution is 2.11. The normalized spacial score (nSPS) is 9.38. The first-order chi connectivity index (χ1) is 6.22. The first-order valence-electron chi connectivity index (χ1n) is 4.13. The third-order valence-corrected chi connectivity index (χ3v) is 1.69. The van der Waals surface area contributed by atoms with Crippen LogP contribution in [0.15, 0.2) is 24.3 Å². The lowest BCUT2D eigenvalue weighted by molar-refractivity contribution is 0.264. The highest BCUT2D eigenvalue weighted by molar-refractivity contribution is 7.79. The van der Waals surface area contributed by atoms with Crippen molar-refractivity contribution >= 4 is 17.5 Å². The van der Waals surface area contributed by atoms with Crippen molar-refractivity contribution < 1.29 is 9.47 Å². The Hall–Kier alpha value is -1.09. The molecule has 0 spiro atoms. The van der Waals surface area contributed by atoms with Crippen molar-refractivity contribution in [1.82, 2.24) is 0 Å². The quantitative estimate of drug-likeness (QED) is 0.677. The molecule has 1 aromatic carbocycles. The zero-order chi connectivity index (χ0) is 9.68. The van der Waals surface area contributed by atoms with Crippen LogP contribution in [-0.4, -0.2) is 11.8 Å². The number of ether oxygens (including phenoxy) is 2. The smallest absolute Gasteiger partial charge is 0.357 e. The standard InChI is InChI=1S/C10H12O2S/c1-3-11-10(13)12-9-6-4-8(2)5-7-9/h4-7H,3H2,1-2H3. The zero-order valence-electron chi connectivity index (χ0n) is 7.74. The summed E-state index contributed by atoms with van der Waals surface area (Å²) in [5.41, 5.74) is 1.19. The van der Waals surface area contributed by atoms with Crippen LogP contribution in [0.4, 0.5) is 0 Å². The minimum absolute atomic E-state index is 0.173. The summed E-state index contributed by atoms with van der Waals surface area (Å²) in [5.74, 6) is 0.712. The van der Waals surface area contributed by atoms with E-state index in [2.05, 4.69) is 0 Å². The van der Waals surface area contributed by atoms with Gasteiger partial charge in [-0.3, -0.25) is 0 Å². The van der Waals surface area contributed by atoms with Crippen molar-refractivity contribution in [1.29, 1.82) is 0 Å². The Labute approximate surface area is 83.5 Å². The van der Waals surface area contributed by atoms with Crippen molar-refractivity contribution in [3.63, 3.8) is 0 Å². The Morgan fingerprint density at radius 3 is 2.46 bits per heavy atom. The van der Waals surface area contributed by atoms with Crippen LogP contribution in [0, 0.1) is 6.92 Å². The molecule has 0 amide bonds. The van der Waals surface area contributed by atoms with Gasteiger partial charge in [0.15, 0.2) is 0 Å². The molecule has 3 heteroatoms. The van der Waals surface area contributed by atoms with Gasteiger partial charge in [0.2, 0.25) is 0 Å². The Bertz CT molecular complexity index is 279. The maximum absolute atomic E-state index is 5.22. The SMILES string of the molecule is CCOC(=S)Oc1ccc(C)cc1. The molecule has 0 heterocycles. The minimum atomic E-state index is 0.173. The molecule has 0 saturated heterocycles. The fourth-order valence-corrected chi connectivity index (χ4v) is 1.06. The number of rotatable bonds is 2. The molecule has 1 rings (SSSR count). The van der Waals surface area contributed by atoms with Crippen LogP contribution in [0.1, 0.15) is 12.5 Å². The van der Waals surface area contributed by atoms with Gasteiger partial charge in [0.05, 0.1) is 6.61 Å². The second kappa shape index (κ2) is 4.82. The molecule has 13 heavy (non-hydrogen) atoms. The molecule has 0 unspecified atom stereocenters. The lowest BCUT2D eigenvalue weighted by atomic mass is 10.2. The summed E-state index contributed by atoms with van der Waals surface area (Å²) in [7, 11) is 0. The van der Waals surface area contributed by atoms with Crippen LogP contribution in [0.3, 0.4) is 0 Å². The molecule has 2 nitrogen and oxygen atoms in total. The molecular weight excluding hydrogens is 184 g/mol. The van der Waals surface area contributed by atoms with E-state index >= 15 is 0 Å². The van der Waals surface area contributed by atoms with E-state index in [0.29, 0.717) is 12.4 Å². The van der Waals surface area contributed by atoms with Crippen LogP contribution >= 0.6 is 12.2 Å². The second-order valence-corrected chi connectivity index (χ2v) is 2.93. The van der Waals surface area contributed by atoms with Crippen molar-refractivity contribution in [2.75, 3.05) is 6.61 Å². The van der Waals surface area contributed by atoms with Crippen molar-refractivity contribution in [2.24, 2.45) is 0 Å². The van der Waals surface area contributed by atoms with Gasteiger partial charge in [-0.25, -0.2) is 0 Å². The first-order valence-corrected chi connectivity index (χ1v) is 4.54. The third-order valence-electron chi connectivity index (χ3n) is 1.48. The average molecular weight is 196 g/mol. The van der Waals surface area contributed by atoms with E-state index in [4.69, 9.17) is 21.7 Å². The highest BCUT2D eigenvalue weighted by atomic mass is 32.1. The summed E-state index contributed by atoms with van der Waals surface area (Å²) in [6.45, 7) is 4.42. The Morgan fingerprint density at radius 1 is 1.31 bits per heavy atom. The maximum Gasteiger partial charge on any atom is 0.357 e.